The molecule has 1 spiro atoms. The molecule has 2 N–H and O–H groups in total. The molecule has 1 amide bonds. The van der Waals surface area contributed by atoms with Crippen molar-refractivity contribution in [2.45, 2.75) is 58.2 Å². The van der Waals surface area contributed by atoms with Crippen molar-refractivity contribution in [2.24, 2.45) is 5.41 Å². The maximum atomic E-state index is 13.0. The number of pyridine rings is 2. The predicted octanol–water partition coefficient (Wildman–Crippen LogP) is 6.54. The van der Waals surface area contributed by atoms with Gasteiger partial charge in [-0.05, 0) is 70.7 Å². The summed E-state index contributed by atoms with van der Waals surface area (Å²) >= 11 is 0. The molecule has 6 rings (SSSR count). The lowest BCUT2D eigenvalue weighted by atomic mass is 9.79. The number of aromatic nitrogens is 4. The second kappa shape index (κ2) is 11.4. The number of fused-ring (bicyclic) bond motifs is 1. The third kappa shape index (κ3) is 5.86. The summed E-state index contributed by atoms with van der Waals surface area (Å²) < 4.78 is 7.97. The van der Waals surface area contributed by atoms with Gasteiger partial charge in [0, 0.05) is 43.4 Å². The molecule has 2 unspecified atom stereocenters. The fourth-order valence-electron chi connectivity index (χ4n) is 6.64. The summed E-state index contributed by atoms with van der Waals surface area (Å²) in [6, 6.07) is 18.1. The van der Waals surface area contributed by atoms with Gasteiger partial charge < -0.3 is 15.4 Å². The number of nitrogens with two attached hydrogens (primary N) is 1. The molecule has 0 saturated carbocycles. The number of benzene rings is 1. The van der Waals surface area contributed by atoms with Crippen LogP contribution in [0.4, 0.5) is 10.6 Å². The van der Waals surface area contributed by atoms with Gasteiger partial charge in [-0.25, -0.2) is 19.7 Å². The quantitative estimate of drug-likeness (QED) is 0.259. The Morgan fingerprint density at radius 2 is 1.88 bits per heavy atom. The van der Waals surface area contributed by atoms with E-state index in [-0.39, 0.29) is 17.7 Å². The molecule has 2 saturated heterocycles. The van der Waals surface area contributed by atoms with Crippen molar-refractivity contribution in [3.05, 3.63) is 73.4 Å². The van der Waals surface area contributed by atoms with Crippen LogP contribution in [0.2, 0.25) is 0 Å². The Balaban J connectivity index is 1.40. The number of hydrogen-bond donors (Lipinski definition) is 1. The smallest absolute Gasteiger partial charge is 0.410 e. The van der Waals surface area contributed by atoms with Gasteiger partial charge in [0.25, 0.3) is 0 Å². The SMILES string of the molecule is C=CCC(N1CCC2(CCCN(C(=O)OC(C)(C)C)C2)C1)n1c(-c2cccnc2N)nc2ccc(-c3ccccc3)nc21. The summed E-state index contributed by atoms with van der Waals surface area (Å²) in [6.45, 7) is 13.1. The molecule has 0 radical (unpaired) electrons. The molecule has 43 heavy (non-hydrogen) atoms. The molecule has 224 valence electrons. The van der Waals surface area contributed by atoms with Crippen LogP contribution in [0.15, 0.2) is 73.4 Å². The first kappa shape index (κ1) is 28.9. The highest BCUT2D eigenvalue weighted by molar-refractivity contribution is 5.82. The number of hydrogen-bond acceptors (Lipinski definition) is 7. The van der Waals surface area contributed by atoms with Crippen molar-refractivity contribution < 1.29 is 9.53 Å². The van der Waals surface area contributed by atoms with E-state index in [2.05, 4.69) is 33.2 Å². The molecule has 5 heterocycles. The fourth-order valence-corrected chi connectivity index (χ4v) is 6.64. The molecule has 2 atom stereocenters. The number of piperidine rings is 1. The third-order valence-corrected chi connectivity index (χ3v) is 8.56. The van der Waals surface area contributed by atoms with E-state index in [0.29, 0.717) is 18.8 Å². The molecule has 2 fully saturated rings. The van der Waals surface area contributed by atoms with Crippen LogP contribution in [0.3, 0.4) is 0 Å². The van der Waals surface area contributed by atoms with Crippen molar-refractivity contribution in [3.8, 4) is 22.6 Å². The molecule has 2 aliphatic rings. The number of imidazole rings is 1. The second-order valence-electron chi connectivity index (χ2n) is 12.9. The van der Waals surface area contributed by atoms with E-state index < -0.39 is 5.60 Å². The molecule has 4 aromatic rings. The summed E-state index contributed by atoms with van der Waals surface area (Å²) in [5.41, 5.74) is 10.2. The minimum Gasteiger partial charge on any atom is -0.444 e. The Morgan fingerprint density at radius 3 is 2.63 bits per heavy atom. The van der Waals surface area contributed by atoms with Crippen molar-refractivity contribution in [1.29, 1.82) is 0 Å². The predicted molar refractivity (Wildman–Crippen MR) is 170 cm³/mol. The lowest BCUT2D eigenvalue weighted by Gasteiger charge is -2.41. The van der Waals surface area contributed by atoms with Crippen molar-refractivity contribution in [3.63, 3.8) is 0 Å². The Kier molecular flexibility index (Phi) is 7.68. The molecule has 3 aromatic heterocycles. The Labute approximate surface area is 253 Å². The van der Waals surface area contributed by atoms with Crippen LogP contribution in [0, 0.1) is 5.41 Å². The lowest BCUT2D eigenvalue weighted by Crippen LogP contribution is -2.49. The standard InChI is InChI=1S/C34H41N7O2/c1-5-11-28(39-21-18-34(22-39)17-10-20-40(23-34)32(42)43-33(2,3)4)41-30(25-14-9-19-36-29(25)35)38-27-16-15-26(37-31(27)41)24-12-7-6-8-13-24/h5-9,12-16,19,28H,1,10-11,17-18,20-23H2,2-4H3,(H2,35,36). The van der Waals surface area contributed by atoms with E-state index in [9.17, 15) is 4.79 Å². The van der Waals surface area contributed by atoms with Gasteiger partial charge in [-0.1, -0.05) is 36.4 Å². The van der Waals surface area contributed by atoms with Gasteiger partial charge in [-0.3, -0.25) is 9.47 Å². The normalized spacial score (nSPS) is 20.0. The van der Waals surface area contributed by atoms with Crippen LogP contribution in [0.5, 0.6) is 0 Å². The highest BCUT2D eigenvalue weighted by Gasteiger charge is 2.45. The van der Waals surface area contributed by atoms with E-state index in [1.54, 1.807) is 6.20 Å². The van der Waals surface area contributed by atoms with E-state index in [4.69, 9.17) is 20.4 Å². The first-order chi connectivity index (χ1) is 20.7. The molecule has 0 bridgehead atoms. The molecular formula is C34H41N7O2. The Bertz CT molecular complexity index is 1630. The molecule has 9 nitrogen and oxygen atoms in total. The zero-order chi connectivity index (χ0) is 30.2. The molecule has 0 aliphatic carbocycles. The summed E-state index contributed by atoms with van der Waals surface area (Å²) in [5, 5.41) is 0. The van der Waals surface area contributed by atoms with Crippen molar-refractivity contribution >= 4 is 23.1 Å². The van der Waals surface area contributed by atoms with Crippen LogP contribution in [0.1, 0.15) is 52.6 Å². The van der Waals surface area contributed by atoms with Crippen LogP contribution < -0.4 is 5.73 Å². The number of carbonyl (C=O) groups excluding carboxylic acids is 1. The van der Waals surface area contributed by atoms with Gasteiger partial charge in [0.2, 0.25) is 0 Å². The molecule has 9 heteroatoms. The zero-order valence-electron chi connectivity index (χ0n) is 25.4. The zero-order valence-corrected chi connectivity index (χ0v) is 25.4. The van der Waals surface area contributed by atoms with Gasteiger partial charge >= 0.3 is 6.09 Å². The first-order valence-electron chi connectivity index (χ1n) is 15.1. The van der Waals surface area contributed by atoms with E-state index in [1.165, 1.54) is 0 Å². The number of nitrogens with zero attached hydrogens (tertiary/aromatic N) is 6. The number of rotatable bonds is 6. The van der Waals surface area contributed by atoms with E-state index in [1.807, 2.05) is 74.2 Å². The fraction of sp³-hybridized carbons (Fsp3) is 0.412. The van der Waals surface area contributed by atoms with Crippen LogP contribution >= 0.6 is 0 Å². The van der Waals surface area contributed by atoms with E-state index in [0.717, 1.165) is 72.7 Å². The van der Waals surface area contributed by atoms with Crippen molar-refractivity contribution in [1.82, 2.24) is 29.3 Å². The maximum Gasteiger partial charge on any atom is 0.410 e. The summed E-state index contributed by atoms with van der Waals surface area (Å²) in [7, 11) is 0. The van der Waals surface area contributed by atoms with Crippen LogP contribution in [-0.4, -0.2) is 67.2 Å². The molecule has 1 aromatic carbocycles. The Morgan fingerprint density at radius 1 is 1.07 bits per heavy atom. The van der Waals surface area contributed by atoms with Crippen LogP contribution in [-0.2, 0) is 4.74 Å². The minimum absolute atomic E-state index is 0.00107. The lowest BCUT2D eigenvalue weighted by molar-refractivity contribution is 0.00412. The number of nitrogen functional groups attached to an aromatic ring is 1. The van der Waals surface area contributed by atoms with Gasteiger partial charge in [0.15, 0.2) is 5.65 Å². The highest BCUT2D eigenvalue weighted by atomic mass is 16.6. The number of ether oxygens (including phenoxy) is 1. The average molecular weight is 580 g/mol. The number of amides is 1. The Hall–Kier alpha value is -4.24. The monoisotopic (exact) mass is 579 g/mol. The minimum atomic E-state index is -0.517. The van der Waals surface area contributed by atoms with Crippen molar-refractivity contribution in [2.75, 3.05) is 31.9 Å². The summed E-state index contributed by atoms with van der Waals surface area (Å²) in [5.74, 6) is 1.17. The number of likely N-dealkylation sites (tertiary alicyclic amines) is 2. The summed E-state index contributed by atoms with van der Waals surface area (Å²) in [6.07, 6.45) is 7.09. The highest BCUT2D eigenvalue weighted by Crippen LogP contribution is 2.43. The van der Waals surface area contributed by atoms with Gasteiger partial charge in [0.05, 0.1) is 17.4 Å². The van der Waals surface area contributed by atoms with Gasteiger partial charge in [-0.15, -0.1) is 6.58 Å². The second-order valence-corrected chi connectivity index (χ2v) is 12.9. The maximum absolute atomic E-state index is 13.0. The number of anilines is 1. The molecular weight excluding hydrogens is 538 g/mol. The van der Waals surface area contributed by atoms with E-state index >= 15 is 0 Å². The van der Waals surface area contributed by atoms with Gasteiger partial charge in [0.1, 0.15) is 22.8 Å². The topological polar surface area (TPSA) is 102 Å². The largest absolute Gasteiger partial charge is 0.444 e. The average Bonchev–Trinajstić information content (AvgIpc) is 3.57. The van der Waals surface area contributed by atoms with Crippen LogP contribution in [0.25, 0.3) is 33.8 Å². The molecule has 2 aliphatic heterocycles. The van der Waals surface area contributed by atoms with Gasteiger partial charge in [-0.2, -0.15) is 0 Å². The number of carbonyl (C=O) groups is 1. The summed E-state index contributed by atoms with van der Waals surface area (Å²) in [4.78, 5) is 32.1. The first-order valence-corrected chi connectivity index (χ1v) is 15.1. The third-order valence-electron chi connectivity index (χ3n) is 8.56.